The second-order valence-corrected chi connectivity index (χ2v) is 5.82. The largest absolute Gasteiger partial charge is 0.385 e. The van der Waals surface area contributed by atoms with Gasteiger partial charge < -0.3 is 11.5 Å². The van der Waals surface area contributed by atoms with E-state index >= 15 is 0 Å². The maximum absolute atomic E-state index is 5.32. The van der Waals surface area contributed by atoms with Crippen molar-refractivity contribution in [3.8, 4) is 0 Å². The number of rotatable bonds is 3. The zero-order valence-corrected chi connectivity index (χ0v) is 12.3. The minimum Gasteiger partial charge on any atom is -0.385 e. The Morgan fingerprint density at radius 3 is 2.17 bits per heavy atom. The molecule has 0 aliphatic rings. The van der Waals surface area contributed by atoms with E-state index in [1.807, 2.05) is 6.92 Å². The zero-order valence-electron chi connectivity index (χ0n) is 7.07. The number of hydrogen-bond donors (Lipinski definition) is 2. The molecule has 0 aliphatic heterocycles. The van der Waals surface area contributed by atoms with E-state index in [9.17, 15) is 0 Å². The van der Waals surface area contributed by atoms with Crippen molar-refractivity contribution in [1.82, 2.24) is 0 Å². The summed E-state index contributed by atoms with van der Waals surface area (Å²) in [6.07, 6.45) is 0. The molecule has 1 atom stereocenters. The molecule has 0 heterocycles. The van der Waals surface area contributed by atoms with Crippen LogP contribution in [0.3, 0.4) is 0 Å². The predicted octanol–water partition coefficient (Wildman–Crippen LogP) is 0.948. The van der Waals surface area contributed by atoms with E-state index in [0.29, 0.717) is 13.9 Å². The normalized spacial score (nSPS) is 11.4. The fourth-order valence-electron chi connectivity index (χ4n) is 0.432. The van der Waals surface area contributed by atoms with Gasteiger partial charge in [-0.2, -0.15) is 0 Å². The quantitative estimate of drug-likeness (QED) is 0.574. The topological polar surface area (TPSA) is 52.0 Å². The van der Waals surface area contributed by atoms with E-state index in [1.54, 1.807) is 0 Å². The van der Waals surface area contributed by atoms with Gasteiger partial charge in [-0.3, -0.25) is 0 Å². The average Bonchev–Trinajstić information content (AvgIpc) is 1.82. The zero-order chi connectivity index (χ0) is 8.85. The molecule has 2 nitrogen and oxygen atoms in total. The first kappa shape index (κ1) is 15.9. The van der Waals surface area contributed by atoms with Gasteiger partial charge in [-0.15, -0.1) is 0 Å². The van der Waals surface area contributed by atoms with Gasteiger partial charge in [0.15, 0.2) is 0 Å². The van der Waals surface area contributed by atoms with Crippen LogP contribution in [0.2, 0.25) is 0 Å². The molecule has 1 radical (unpaired) electrons. The minimum atomic E-state index is 0. The third-order valence-electron chi connectivity index (χ3n) is 0.778. The number of thioether (sulfide) groups is 2. The SMILES string of the molecule is CC(CSC(N)=S)SC(N)=S.[Na]. The first-order valence-corrected chi connectivity index (χ1v) is 5.59. The van der Waals surface area contributed by atoms with Crippen LogP contribution in [0.1, 0.15) is 6.92 Å². The molecule has 0 aromatic carbocycles. The molecule has 12 heavy (non-hydrogen) atoms. The number of thiocarbonyl (C=S) groups is 2. The summed E-state index contributed by atoms with van der Waals surface area (Å²) in [5.74, 6) is 0.858. The van der Waals surface area contributed by atoms with Crippen LogP contribution in [0.4, 0.5) is 0 Å². The van der Waals surface area contributed by atoms with Crippen LogP contribution >= 0.6 is 48.0 Å². The van der Waals surface area contributed by atoms with Crippen LogP contribution < -0.4 is 11.5 Å². The third kappa shape index (κ3) is 11.5. The van der Waals surface area contributed by atoms with Crippen LogP contribution in [0.15, 0.2) is 0 Å². The first-order valence-electron chi connectivity index (χ1n) is 2.90. The second-order valence-electron chi connectivity index (χ2n) is 1.88. The Morgan fingerprint density at radius 2 is 1.83 bits per heavy atom. The van der Waals surface area contributed by atoms with Crippen molar-refractivity contribution in [2.24, 2.45) is 11.5 Å². The van der Waals surface area contributed by atoms with Gasteiger partial charge >= 0.3 is 0 Å². The molecular weight excluding hydrogens is 239 g/mol. The summed E-state index contributed by atoms with van der Waals surface area (Å²) < 4.78 is 0.946. The standard InChI is InChI=1S/C5H10N2S4.Na/c1-3(11-5(7)9)2-10-4(6)8;/h3H,2H2,1H3,(H2,6,8)(H2,7,9);. The molecule has 0 rings (SSSR count). The maximum Gasteiger partial charge on any atom is 0.131 e. The van der Waals surface area contributed by atoms with Gasteiger partial charge in [0.1, 0.15) is 8.64 Å². The molecule has 0 spiro atoms. The predicted molar refractivity (Wildman–Crippen MR) is 68.8 cm³/mol. The molecule has 0 amide bonds. The van der Waals surface area contributed by atoms with Crippen molar-refractivity contribution in [1.29, 1.82) is 0 Å². The van der Waals surface area contributed by atoms with Gasteiger partial charge in [0.2, 0.25) is 0 Å². The van der Waals surface area contributed by atoms with Crippen molar-refractivity contribution < 1.29 is 0 Å². The van der Waals surface area contributed by atoms with E-state index in [0.717, 1.165) is 5.75 Å². The summed E-state index contributed by atoms with van der Waals surface area (Å²) in [4.78, 5) is 0. The summed E-state index contributed by atoms with van der Waals surface area (Å²) in [5, 5.41) is 0.374. The molecule has 0 saturated heterocycles. The Bertz CT molecular complexity index is 164. The molecule has 0 fully saturated rings. The van der Waals surface area contributed by atoms with E-state index < -0.39 is 0 Å². The van der Waals surface area contributed by atoms with E-state index in [4.69, 9.17) is 35.9 Å². The van der Waals surface area contributed by atoms with Crippen LogP contribution in [0.5, 0.6) is 0 Å². The van der Waals surface area contributed by atoms with Crippen LogP contribution in [0.25, 0.3) is 0 Å². The van der Waals surface area contributed by atoms with Crippen LogP contribution in [-0.2, 0) is 0 Å². The molecule has 65 valence electrons. The van der Waals surface area contributed by atoms with E-state index in [1.165, 1.54) is 23.5 Å². The van der Waals surface area contributed by atoms with Crippen molar-refractivity contribution in [2.45, 2.75) is 12.2 Å². The minimum absolute atomic E-state index is 0. The number of hydrogen-bond acceptors (Lipinski definition) is 4. The van der Waals surface area contributed by atoms with Crippen LogP contribution in [0, 0.1) is 0 Å². The van der Waals surface area contributed by atoms with Crippen molar-refractivity contribution in [3.63, 3.8) is 0 Å². The molecule has 7 heteroatoms. The van der Waals surface area contributed by atoms with Gasteiger partial charge in [0.25, 0.3) is 0 Å². The van der Waals surface area contributed by atoms with E-state index in [2.05, 4.69) is 0 Å². The van der Waals surface area contributed by atoms with Gasteiger partial charge in [0, 0.05) is 40.6 Å². The molecular formula is C5H10N2NaS4. The molecule has 4 N–H and O–H groups in total. The van der Waals surface area contributed by atoms with Gasteiger partial charge in [0.05, 0.1) is 0 Å². The monoisotopic (exact) mass is 249 g/mol. The fourth-order valence-corrected chi connectivity index (χ4v) is 2.40. The van der Waals surface area contributed by atoms with Gasteiger partial charge in [-0.1, -0.05) is 54.9 Å². The van der Waals surface area contributed by atoms with Crippen molar-refractivity contribution in [2.75, 3.05) is 5.75 Å². The number of nitrogens with two attached hydrogens (primary N) is 2. The first-order chi connectivity index (χ1) is 5.02. The Kier molecular flexibility index (Phi) is 12.0. The second kappa shape index (κ2) is 9.05. The fraction of sp³-hybridized carbons (Fsp3) is 0.600. The summed E-state index contributed by atoms with van der Waals surface area (Å²) in [6.45, 7) is 2.04. The molecule has 0 saturated carbocycles. The van der Waals surface area contributed by atoms with Gasteiger partial charge in [-0.25, -0.2) is 0 Å². The third-order valence-corrected chi connectivity index (χ3v) is 3.38. The Morgan fingerprint density at radius 1 is 1.33 bits per heavy atom. The Labute approximate surface area is 114 Å². The average molecular weight is 249 g/mol. The summed E-state index contributed by atoms with van der Waals surface area (Å²) in [5.41, 5.74) is 10.6. The van der Waals surface area contributed by atoms with E-state index in [-0.39, 0.29) is 29.6 Å². The molecule has 0 aromatic rings. The molecule has 0 bridgehead atoms. The summed E-state index contributed by atoms with van der Waals surface area (Å²) in [7, 11) is 0. The molecule has 0 aliphatic carbocycles. The molecule has 1 unspecified atom stereocenters. The van der Waals surface area contributed by atoms with Gasteiger partial charge in [-0.05, 0) is 0 Å². The Balaban J connectivity index is 0. The van der Waals surface area contributed by atoms with Crippen molar-refractivity contribution >= 4 is 86.2 Å². The summed E-state index contributed by atoms with van der Waals surface area (Å²) >= 11 is 12.3. The Hall–Kier alpha value is 1.48. The maximum atomic E-state index is 5.32. The molecule has 0 aromatic heterocycles. The van der Waals surface area contributed by atoms with Crippen LogP contribution in [-0.4, -0.2) is 49.2 Å². The van der Waals surface area contributed by atoms with Crippen molar-refractivity contribution in [3.05, 3.63) is 0 Å². The smallest absolute Gasteiger partial charge is 0.131 e. The summed E-state index contributed by atoms with van der Waals surface area (Å²) in [6, 6.07) is 0.